The zero-order chi connectivity index (χ0) is 25.2. The Morgan fingerprint density at radius 2 is 1.77 bits per heavy atom. The number of amides is 2. The fourth-order valence-corrected chi connectivity index (χ4v) is 5.04. The number of nitrogens with zero attached hydrogens (tertiary/aromatic N) is 3. The van der Waals surface area contributed by atoms with E-state index in [2.05, 4.69) is 6.58 Å². The van der Waals surface area contributed by atoms with Crippen molar-refractivity contribution in [2.75, 3.05) is 24.9 Å². The van der Waals surface area contributed by atoms with E-state index in [9.17, 15) is 9.59 Å². The average molecular weight is 473 g/mol. The number of hydrogen-bond acceptors (Lipinski definition) is 5. The number of nitrogens with one attached hydrogen (secondary N) is 1. The Labute approximate surface area is 205 Å². The molecule has 35 heavy (non-hydrogen) atoms. The maximum Gasteiger partial charge on any atom is 0.254 e. The molecule has 0 aliphatic carbocycles. The van der Waals surface area contributed by atoms with Gasteiger partial charge in [-0.25, -0.2) is 4.68 Å². The van der Waals surface area contributed by atoms with Crippen LogP contribution in [0.2, 0.25) is 1.41 Å². The highest BCUT2D eigenvalue weighted by molar-refractivity contribution is 6.03. The number of ether oxygens (including phenoxy) is 1. The number of primary amides is 1. The normalized spacial score (nSPS) is 18.5. The Bertz CT molecular complexity index is 1270. The van der Waals surface area contributed by atoms with Gasteiger partial charge in [0.2, 0.25) is 5.91 Å². The number of para-hydroxylation sites is 1. The van der Waals surface area contributed by atoms with Crippen molar-refractivity contribution < 1.29 is 15.7 Å². The topological polar surface area (TPSA) is 102 Å². The van der Waals surface area contributed by atoms with Crippen LogP contribution in [0.1, 0.15) is 35.7 Å². The lowest BCUT2D eigenvalue weighted by atomic mass is 9.87. The number of rotatable bonds is 6. The number of fused-ring (bicyclic) bond motifs is 1. The molecule has 2 amide bonds. The lowest BCUT2D eigenvalue weighted by molar-refractivity contribution is -0.127. The van der Waals surface area contributed by atoms with Gasteiger partial charge in [0.25, 0.3) is 5.91 Å². The van der Waals surface area contributed by atoms with Gasteiger partial charge in [0.05, 0.1) is 6.04 Å². The van der Waals surface area contributed by atoms with Gasteiger partial charge in [0, 0.05) is 25.2 Å². The second kappa shape index (κ2) is 9.66. The minimum atomic E-state index is -0.611. The third-order valence-corrected chi connectivity index (χ3v) is 6.81. The van der Waals surface area contributed by atoms with E-state index in [1.54, 1.807) is 0 Å². The van der Waals surface area contributed by atoms with Gasteiger partial charge in [-0.05, 0) is 67.7 Å². The van der Waals surface area contributed by atoms with E-state index in [0.717, 1.165) is 30.6 Å². The van der Waals surface area contributed by atoms with Gasteiger partial charge in [-0.2, -0.15) is 5.10 Å². The number of benzene rings is 2. The van der Waals surface area contributed by atoms with Crippen LogP contribution in [0, 0.1) is 5.92 Å². The van der Waals surface area contributed by atoms with Gasteiger partial charge in [-0.3, -0.25) is 9.59 Å². The number of carbonyl (C=O) groups is 2. The molecule has 0 spiro atoms. The molecule has 2 aromatic carbocycles. The summed E-state index contributed by atoms with van der Waals surface area (Å²) in [6.45, 7) is 5.38. The Morgan fingerprint density at radius 3 is 2.43 bits per heavy atom. The van der Waals surface area contributed by atoms with E-state index < -0.39 is 5.91 Å². The van der Waals surface area contributed by atoms with Gasteiger partial charge in [0.1, 0.15) is 28.6 Å². The predicted octanol–water partition coefficient (Wildman–Crippen LogP) is 4.22. The molecule has 3 heterocycles. The number of likely N-dealkylation sites (tertiary alicyclic amines) is 1. The maximum absolute atomic E-state index is 12.6. The number of piperidine rings is 1. The second-order valence-electron chi connectivity index (χ2n) is 8.90. The Kier molecular flexibility index (Phi) is 5.92. The first-order chi connectivity index (χ1) is 17.5. The van der Waals surface area contributed by atoms with E-state index in [1.807, 2.05) is 64.2 Å². The van der Waals surface area contributed by atoms with Crippen LogP contribution in [-0.4, -0.2) is 46.1 Å². The van der Waals surface area contributed by atoms with Gasteiger partial charge >= 0.3 is 0 Å². The van der Waals surface area contributed by atoms with Crippen LogP contribution in [0.25, 0.3) is 11.3 Å². The number of anilines is 1. The number of aromatic nitrogens is 2. The van der Waals surface area contributed by atoms with Gasteiger partial charge in [-0.15, -0.1) is 0 Å². The molecule has 0 unspecified atom stereocenters. The summed E-state index contributed by atoms with van der Waals surface area (Å²) in [4.78, 5) is 26.4. The maximum atomic E-state index is 12.6. The summed E-state index contributed by atoms with van der Waals surface area (Å²) in [5, 5.41) is 6.17. The van der Waals surface area contributed by atoms with Gasteiger partial charge in [-0.1, -0.05) is 24.8 Å². The van der Waals surface area contributed by atoms with E-state index in [-0.39, 0.29) is 23.4 Å². The van der Waals surface area contributed by atoms with Crippen LogP contribution in [0.15, 0.2) is 67.3 Å². The standard InChI is InChI=1S/C27H29N5O3/c1-2-23(33)31-16-13-18(14-17-31)22-12-15-29-27-24(26(28)34)25(30-32(22)27)19-8-10-21(11-9-19)35-20-6-4-3-5-7-20/h2-11,18,22,29H,1,12-17H2,(H2,28,34)/t22-/m0/s1/i/hD. The summed E-state index contributed by atoms with van der Waals surface area (Å²) < 4.78 is 16.2. The lowest BCUT2D eigenvalue weighted by Gasteiger charge is -2.38. The summed E-state index contributed by atoms with van der Waals surface area (Å²) in [6, 6.07) is 16.9. The second-order valence-corrected chi connectivity index (χ2v) is 8.90. The van der Waals surface area contributed by atoms with Crippen LogP contribution in [0.3, 0.4) is 0 Å². The first-order valence-electron chi connectivity index (χ1n) is 12.3. The van der Waals surface area contributed by atoms with Crippen LogP contribution >= 0.6 is 0 Å². The summed E-state index contributed by atoms with van der Waals surface area (Å²) >= 11 is 0. The molecule has 3 N–H and O–H groups in total. The van der Waals surface area contributed by atoms with Crippen molar-refractivity contribution >= 4 is 17.6 Å². The number of carbonyl (C=O) groups excluding carboxylic acids is 2. The average Bonchev–Trinajstić information content (AvgIpc) is 3.32. The molecule has 3 aromatic rings. The molecular weight excluding hydrogens is 442 g/mol. The summed E-state index contributed by atoms with van der Waals surface area (Å²) in [7, 11) is 0. The Hall–Kier alpha value is -4.07. The van der Waals surface area contributed by atoms with Crippen molar-refractivity contribution in [2.24, 2.45) is 11.7 Å². The molecule has 1 atom stereocenters. The van der Waals surface area contributed by atoms with Crippen molar-refractivity contribution in [3.8, 4) is 22.8 Å². The molecule has 0 bridgehead atoms. The molecule has 8 nitrogen and oxygen atoms in total. The summed E-state index contributed by atoms with van der Waals surface area (Å²) in [5.74, 6) is 1.45. The first kappa shape index (κ1) is 21.5. The fourth-order valence-electron chi connectivity index (χ4n) is 5.04. The molecule has 1 saturated heterocycles. The van der Waals surface area contributed by atoms with Crippen molar-refractivity contribution in [3.63, 3.8) is 0 Å². The van der Waals surface area contributed by atoms with Crippen molar-refractivity contribution in [1.82, 2.24) is 14.7 Å². The first-order valence-corrected chi connectivity index (χ1v) is 11.9. The van der Waals surface area contributed by atoms with E-state index in [0.29, 0.717) is 36.9 Å². The van der Waals surface area contributed by atoms with Gasteiger partial charge in [0.15, 0.2) is 1.41 Å². The number of hydrogen-bond donors (Lipinski definition) is 2. The van der Waals surface area contributed by atoms with Gasteiger partial charge < -0.3 is 20.7 Å². The zero-order valence-electron chi connectivity index (χ0n) is 20.5. The highest BCUT2D eigenvalue weighted by Crippen LogP contribution is 2.40. The third kappa shape index (κ3) is 4.51. The van der Waals surface area contributed by atoms with Crippen molar-refractivity contribution in [1.29, 1.82) is 0 Å². The zero-order valence-corrected chi connectivity index (χ0v) is 19.5. The smallest absolute Gasteiger partial charge is 0.254 e. The quantitative estimate of drug-likeness (QED) is 0.523. The SMILES string of the molecule is [2H]N1CC[C@@H](C2CCN(C(=O)C=C)CC2)n2nc(-c3ccc(Oc4ccccc4)cc3)c(C(N)=O)c21. The third-order valence-electron chi connectivity index (χ3n) is 6.81. The molecule has 0 radical (unpaired) electrons. The largest absolute Gasteiger partial charge is 0.457 e. The van der Waals surface area contributed by atoms with Crippen LogP contribution in [0.4, 0.5) is 5.82 Å². The molecule has 1 aromatic heterocycles. The Balaban J connectivity index is 1.44. The summed E-state index contributed by atoms with van der Waals surface area (Å²) in [5.41, 5.74) is 7.27. The van der Waals surface area contributed by atoms with Crippen LogP contribution in [-0.2, 0) is 4.79 Å². The van der Waals surface area contributed by atoms with Crippen molar-refractivity contribution in [2.45, 2.75) is 25.3 Å². The molecule has 180 valence electrons. The van der Waals surface area contributed by atoms with E-state index in [4.69, 9.17) is 17.0 Å². The predicted molar refractivity (Wildman–Crippen MR) is 134 cm³/mol. The molecule has 0 saturated carbocycles. The Morgan fingerprint density at radius 1 is 1.09 bits per heavy atom. The molecule has 2 aliphatic rings. The van der Waals surface area contributed by atoms with Crippen LogP contribution < -0.4 is 15.8 Å². The lowest BCUT2D eigenvalue weighted by Crippen LogP contribution is -2.41. The number of nitrogens with two attached hydrogens (primary N) is 1. The molecule has 2 aliphatic heterocycles. The van der Waals surface area contributed by atoms with E-state index in [1.165, 1.54) is 11.4 Å². The minimum absolute atomic E-state index is 0.0233. The highest BCUT2D eigenvalue weighted by Gasteiger charge is 2.35. The molecule has 8 heteroatoms. The van der Waals surface area contributed by atoms with Crippen LogP contribution in [0.5, 0.6) is 11.5 Å². The molecule has 1 fully saturated rings. The van der Waals surface area contributed by atoms with E-state index >= 15 is 0 Å². The fraction of sp³-hybridized carbons (Fsp3) is 0.296. The highest BCUT2D eigenvalue weighted by atomic mass is 16.5. The minimum Gasteiger partial charge on any atom is -0.457 e. The monoisotopic (exact) mass is 472 g/mol. The summed E-state index contributed by atoms with van der Waals surface area (Å²) in [6.07, 6.45) is 3.74. The van der Waals surface area contributed by atoms with Crippen molar-refractivity contribution in [3.05, 3.63) is 72.8 Å². The molecular formula is C27H29N5O3. The molecule has 5 rings (SSSR count).